The minimum atomic E-state index is -1.25. The van der Waals surface area contributed by atoms with Gasteiger partial charge in [0.2, 0.25) is 5.82 Å². The molecule has 13 heteroatoms. The van der Waals surface area contributed by atoms with E-state index in [0.29, 0.717) is 30.9 Å². The number of nitrogens with zero attached hydrogens (tertiary/aromatic N) is 5. The molecule has 204 valence electrons. The number of carbonyl (C=O) groups excluding carboxylic acids is 2. The highest BCUT2D eigenvalue weighted by atomic mass is 35.5. The van der Waals surface area contributed by atoms with Gasteiger partial charge in [-0.1, -0.05) is 11.6 Å². The van der Waals surface area contributed by atoms with E-state index in [1.807, 2.05) is 0 Å². The Morgan fingerprint density at radius 1 is 1.18 bits per heavy atom. The van der Waals surface area contributed by atoms with E-state index in [-0.39, 0.29) is 28.0 Å². The van der Waals surface area contributed by atoms with Crippen LogP contribution in [0.4, 0.5) is 14.5 Å². The molecule has 2 heterocycles. The molecule has 10 nitrogen and oxygen atoms in total. The molecule has 1 aliphatic heterocycles. The van der Waals surface area contributed by atoms with Gasteiger partial charge in [-0.25, -0.2) is 9.37 Å². The quantitative estimate of drug-likeness (QED) is 0.435. The minimum absolute atomic E-state index is 0.0683. The number of imidazole rings is 1. The second-order valence-electron chi connectivity index (χ2n) is 8.78. The Balaban J connectivity index is 1.46. The Morgan fingerprint density at radius 3 is 2.59 bits per heavy atom. The van der Waals surface area contributed by atoms with Gasteiger partial charge in [0.25, 0.3) is 11.8 Å². The van der Waals surface area contributed by atoms with Crippen molar-refractivity contribution in [2.45, 2.75) is 0 Å². The Labute approximate surface area is 228 Å². The summed E-state index contributed by atoms with van der Waals surface area (Å²) in [5.41, 5.74) is 6.26. The van der Waals surface area contributed by atoms with E-state index in [1.54, 1.807) is 23.1 Å². The van der Waals surface area contributed by atoms with Crippen molar-refractivity contribution < 1.29 is 23.1 Å². The number of benzene rings is 2. The molecular formula is C26H26ClF2N7O3. The van der Waals surface area contributed by atoms with E-state index < -0.39 is 29.9 Å². The number of piperazine rings is 1. The molecule has 0 unspecified atom stereocenters. The fourth-order valence-corrected chi connectivity index (χ4v) is 4.56. The number of carbonyl (C=O) groups is 2. The Morgan fingerprint density at radius 2 is 1.92 bits per heavy atom. The van der Waals surface area contributed by atoms with E-state index in [1.165, 1.54) is 36.0 Å². The predicted octanol–water partition coefficient (Wildman–Crippen LogP) is 2.89. The van der Waals surface area contributed by atoms with E-state index in [2.05, 4.69) is 15.2 Å². The number of aromatic nitrogens is 2. The number of nitrogens with two attached hydrogens (primary N) is 1. The number of rotatable bonds is 8. The molecule has 3 N–H and O–H groups in total. The maximum atomic E-state index is 14.7. The van der Waals surface area contributed by atoms with Crippen LogP contribution in [0.2, 0.25) is 5.02 Å². The first-order valence-corrected chi connectivity index (χ1v) is 12.4. The first kappa shape index (κ1) is 28.0. The van der Waals surface area contributed by atoms with Gasteiger partial charge in [0.05, 0.1) is 22.5 Å². The number of halogens is 3. The van der Waals surface area contributed by atoms with Crippen LogP contribution in [0, 0.1) is 23.0 Å². The fraction of sp³-hybridized carbons (Fsp3) is 0.308. The first-order valence-electron chi connectivity index (χ1n) is 12.1. The van der Waals surface area contributed by atoms with Crippen molar-refractivity contribution >= 4 is 29.1 Å². The summed E-state index contributed by atoms with van der Waals surface area (Å²) < 4.78 is 35.3. The summed E-state index contributed by atoms with van der Waals surface area (Å²) in [6.45, 7) is 3.51. The summed E-state index contributed by atoms with van der Waals surface area (Å²) in [6.07, 6.45) is 1.24. The minimum Gasteiger partial charge on any atom is -0.476 e. The maximum Gasteiger partial charge on any atom is 0.291 e. The molecular weight excluding hydrogens is 532 g/mol. The Hall–Kier alpha value is -4.05. The summed E-state index contributed by atoms with van der Waals surface area (Å²) in [5.74, 6) is -3.74. The number of nitrogens with one attached hydrogen (secondary N) is 1. The highest BCUT2D eigenvalue weighted by Crippen LogP contribution is 2.30. The zero-order valence-electron chi connectivity index (χ0n) is 21.1. The zero-order valence-corrected chi connectivity index (χ0v) is 21.8. The summed E-state index contributed by atoms with van der Waals surface area (Å²) in [5, 5.41) is 11.4. The summed E-state index contributed by atoms with van der Waals surface area (Å²) in [7, 11) is 1.48. The second kappa shape index (κ2) is 12.2. The van der Waals surface area contributed by atoms with Gasteiger partial charge in [-0.2, -0.15) is 9.65 Å². The van der Waals surface area contributed by atoms with Crippen molar-refractivity contribution in [3.63, 3.8) is 0 Å². The molecule has 0 saturated carbocycles. The first-order chi connectivity index (χ1) is 18.7. The van der Waals surface area contributed by atoms with Crippen molar-refractivity contribution in [2.24, 2.45) is 12.8 Å². The van der Waals surface area contributed by atoms with Crippen LogP contribution >= 0.6 is 11.6 Å². The van der Waals surface area contributed by atoms with Crippen molar-refractivity contribution in [1.29, 1.82) is 5.26 Å². The summed E-state index contributed by atoms with van der Waals surface area (Å²) in [6, 6.07) is 8.73. The van der Waals surface area contributed by atoms with Gasteiger partial charge in [0.15, 0.2) is 24.0 Å². The third-order valence-electron chi connectivity index (χ3n) is 6.37. The van der Waals surface area contributed by atoms with Crippen LogP contribution in [0.1, 0.15) is 21.0 Å². The van der Waals surface area contributed by atoms with E-state index in [4.69, 9.17) is 27.3 Å². The average Bonchev–Trinajstić information content (AvgIpc) is 3.31. The topological polar surface area (TPSA) is 130 Å². The Bertz CT molecular complexity index is 1430. The van der Waals surface area contributed by atoms with E-state index >= 15 is 0 Å². The normalized spacial score (nSPS) is 13.7. The van der Waals surface area contributed by atoms with Crippen LogP contribution in [-0.4, -0.2) is 77.0 Å². The number of amides is 2. The van der Waals surface area contributed by atoms with Crippen LogP contribution in [0.25, 0.3) is 11.3 Å². The number of hydrogen-bond acceptors (Lipinski definition) is 7. The molecule has 1 saturated heterocycles. The molecule has 3 aromatic rings. The molecule has 0 radical (unpaired) electrons. The highest BCUT2D eigenvalue weighted by molar-refractivity contribution is 6.34. The molecule has 1 fully saturated rings. The van der Waals surface area contributed by atoms with E-state index in [9.17, 15) is 18.4 Å². The molecule has 1 aromatic heterocycles. The van der Waals surface area contributed by atoms with Crippen molar-refractivity contribution in [3.8, 4) is 23.1 Å². The van der Waals surface area contributed by atoms with Crippen molar-refractivity contribution in [3.05, 3.63) is 64.6 Å². The molecule has 0 aliphatic carbocycles. The number of hydrogen-bond donors (Lipinski definition) is 2. The lowest BCUT2D eigenvalue weighted by atomic mass is 10.1. The monoisotopic (exact) mass is 557 g/mol. The molecule has 2 amide bonds. The Kier molecular flexibility index (Phi) is 8.75. The maximum absolute atomic E-state index is 14.7. The smallest absolute Gasteiger partial charge is 0.291 e. The van der Waals surface area contributed by atoms with Crippen LogP contribution in [0.3, 0.4) is 0 Å². The van der Waals surface area contributed by atoms with Gasteiger partial charge in [-0.05, 0) is 30.3 Å². The molecule has 1 aliphatic rings. The average molecular weight is 558 g/mol. The van der Waals surface area contributed by atoms with Crippen LogP contribution < -0.4 is 15.8 Å². The zero-order chi connectivity index (χ0) is 28.1. The largest absolute Gasteiger partial charge is 0.476 e. The second-order valence-corrected chi connectivity index (χ2v) is 9.19. The number of anilines is 1. The van der Waals surface area contributed by atoms with Crippen molar-refractivity contribution in [1.82, 2.24) is 19.4 Å². The van der Waals surface area contributed by atoms with E-state index in [0.717, 1.165) is 19.6 Å². The summed E-state index contributed by atoms with van der Waals surface area (Å²) in [4.78, 5) is 33.9. The molecule has 0 spiro atoms. The van der Waals surface area contributed by atoms with Gasteiger partial charge in [-0.3, -0.25) is 14.5 Å². The van der Waals surface area contributed by atoms with Gasteiger partial charge in [-0.15, -0.1) is 0 Å². The summed E-state index contributed by atoms with van der Waals surface area (Å²) >= 11 is 6.39. The molecule has 2 aromatic carbocycles. The lowest BCUT2D eigenvalue weighted by Gasteiger charge is -2.34. The predicted molar refractivity (Wildman–Crippen MR) is 140 cm³/mol. The lowest BCUT2D eigenvalue weighted by molar-refractivity contribution is 0.0641. The van der Waals surface area contributed by atoms with Gasteiger partial charge < -0.3 is 25.3 Å². The SMILES string of the molecule is Cn1c(-c2ccc(OCC#N)c(F)c2F)cnc1C(=O)Nc1ccc(C(=O)N2CCN(CCN)CC2)c(Cl)c1. The van der Waals surface area contributed by atoms with Crippen molar-refractivity contribution in [2.75, 3.05) is 51.2 Å². The van der Waals surface area contributed by atoms with Crippen LogP contribution in [0.5, 0.6) is 5.75 Å². The van der Waals surface area contributed by atoms with Crippen LogP contribution in [-0.2, 0) is 7.05 Å². The van der Waals surface area contributed by atoms with Gasteiger partial charge in [0.1, 0.15) is 6.07 Å². The molecule has 0 atom stereocenters. The number of nitriles is 1. The standard InChI is InChI=1S/C26H26ClF2N7O3/c1-34-20(18-4-5-21(39-13-7-31)23(29)22(18)28)15-32-24(34)25(37)33-16-2-3-17(19(27)14-16)26(38)36-11-9-35(8-6-30)10-12-36/h2-5,14-15H,6,8-13,30H2,1H3,(H,33,37). The van der Waals surface area contributed by atoms with Gasteiger partial charge in [0, 0.05) is 57.6 Å². The third-order valence-corrected chi connectivity index (χ3v) is 6.68. The third kappa shape index (κ3) is 6.01. The lowest BCUT2D eigenvalue weighted by Crippen LogP contribution is -2.49. The number of ether oxygens (including phenoxy) is 1. The highest BCUT2D eigenvalue weighted by Gasteiger charge is 2.25. The molecule has 39 heavy (non-hydrogen) atoms. The molecule has 0 bridgehead atoms. The fourth-order valence-electron chi connectivity index (χ4n) is 4.30. The van der Waals surface area contributed by atoms with Crippen LogP contribution in [0.15, 0.2) is 36.5 Å². The molecule has 4 rings (SSSR count). The van der Waals surface area contributed by atoms with Gasteiger partial charge >= 0.3 is 0 Å².